The maximum absolute atomic E-state index is 13.5. The molecular weight excluding hydrogens is 408 g/mol. The summed E-state index contributed by atoms with van der Waals surface area (Å²) in [6, 6.07) is 5.31. The highest BCUT2D eigenvalue weighted by atomic mass is 35.5. The van der Waals surface area contributed by atoms with Crippen LogP contribution in [0.4, 0.5) is 0 Å². The number of rotatable bonds is 3. The molecule has 0 radical (unpaired) electrons. The van der Waals surface area contributed by atoms with Crippen LogP contribution in [0.5, 0.6) is 0 Å². The second-order valence-corrected chi connectivity index (χ2v) is 7.91. The van der Waals surface area contributed by atoms with E-state index in [9.17, 15) is 10.1 Å². The molecule has 0 aliphatic carbocycles. The van der Waals surface area contributed by atoms with Gasteiger partial charge in [-0.15, -0.1) is 0 Å². The lowest BCUT2D eigenvalue weighted by molar-refractivity contribution is 0.192. The molecule has 4 aromatic rings. The maximum atomic E-state index is 13.5. The van der Waals surface area contributed by atoms with Crippen LogP contribution in [0, 0.1) is 11.3 Å². The van der Waals surface area contributed by atoms with Crippen molar-refractivity contribution in [2.45, 2.75) is 32.2 Å². The Balaban J connectivity index is 1.82. The molecule has 1 aliphatic rings. The van der Waals surface area contributed by atoms with Gasteiger partial charge in [0.2, 0.25) is 0 Å². The highest BCUT2D eigenvalue weighted by Crippen LogP contribution is 2.30. The summed E-state index contributed by atoms with van der Waals surface area (Å²) in [7, 11) is 0. The van der Waals surface area contributed by atoms with Crippen LogP contribution < -0.4 is 5.56 Å². The van der Waals surface area contributed by atoms with E-state index in [4.69, 9.17) is 20.9 Å². The lowest BCUT2D eigenvalue weighted by Crippen LogP contribution is -2.25. The summed E-state index contributed by atoms with van der Waals surface area (Å²) in [6.45, 7) is 4.96. The Hall–Kier alpha value is -3.22. The Bertz CT molecular complexity index is 1390. The summed E-state index contributed by atoms with van der Waals surface area (Å²) >= 11 is 6.24. The van der Waals surface area contributed by atoms with Crippen LogP contribution in [0.25, 0.3) is 28.1 Å². The van der Waals surface area contributed by atoms with Gasteiger partial charge in [0, 0.05) is 18.6 Å². The molecule has 1 aliphatic heterocycles. The average Bonchev–Trinajstić information content (AvgIpc) is 3.46. The molecule has 152 valence electrons. The number of hydrogen-bond acceptors (Lipinski definition) is 7. The predicted octanol–water partition coefficient (Wildman–Crippen LogP) is 3.31. The first-order valence-corrected chi connectivity index (χ1v) is 9.94. The van der Waals surface area contributed by atoms with Crippen LogP contribution in [-0.4, -0.2) is 37.3 Å². The van der Waals surface area contributed by atoms with Crippen LogP contribution >= 0.6 is 11.6 Å². The van der Waals surface area contributed by atoms with Gasteiger partial charge < -0.3 is 13.8 Å². The summed E-state index contributed by atoms with van der Waals surface area (Å²) in [6.07, 6.45) is 2.35. The van der Waals surface area contributed by atoms with Gasteiger partial charge in [0.05, 0.1) is 28.2 Å². The lowest BCUT2D eigenvalue weighted by atomic mass is 10.1. The number of benzene rings is 1. The number of imidazole rings is 1. The standard InChI is InChI=1S/C20H17ClN6O3/c1-10(2)27-16-12(7-22)13(21)3-4-14(16)26-9-23-15(17(26)20(27)28)19-24-18(25-30-19)11-5-6-29-8-11/h3-4,9-11H,5-6,8H2,1-2H3. The van der Waals surface area contributed by atoms with Crippen LogP contribution in [-0.2, 0) is 4.74 Å². The first-order valence-electron chi connectivity index (χ1n) is 9.56. The third-order valence-electron chi connectivity index (χ3n) is 5.36. The molecule has 0 amide bonds. The number of halogens is 1. The van der Waals surface area contributed by atoms with Crippen molar-refractivity contribution in [2.75, 3.05) is 13.2 Å². The Kier molecular flexibility index (Phi) is 4.34. The molecule has 0 N–H and O–H groups in total. The molecule has 4 heterocycles. The largest absolute Gasteiger partial charge is 0.381 e. The number of nitriles is 1. The molecule has 0 bridgehead atoms. The van der Waals surface area contributed by atoms with Crippen LogP contribution in [0.2, 0.25) is 5.02 Å². The SMILES string of the molecule is CC(C)n1c(=O)c2c(-c3nc(C4CCOC4)no3)ncn2c2ccc(Cl)c(C#N)c21. The fourth-order valence-corrected chi connectivity index (χ4v) is 4.13. The third kappa shape index (κ3) is 2.65. The van der Waals surface area contributed by atoms with E-state index in [1.165, 1.54) is 6.33 Å². The quantitative estimate of drug-likeness (QED) is 0.496. The summed E-state index contributed by atoms with van der Waals surface area (Å²) in [4.78, 5) is 22.4. The van der Waals surface area contributed by atoms with Crippen molar-refractivity contribution in [3.63, 3.8) is 0 Å². The molecule has 1 aromatic carbocycles. The van der Waals surface area contributed by atoms with E-state index in [0.717, 1.165) is 6.42 Å². The molecular formula is C20H17ClN6O3. The number of ether oxygens (including phenoxy) is 1. The molecule has 9 nitrogen and oxygen atoms in total. The van der Waals surface area contributed by atoms with Gasteiger partial charge in [0.25, 0.3) is 11.4 Å². The van der Waals surface area contributed by atoms with Crippen LogP contribution in [0.3, 0.4) is 0 Å². The Morgan fingerprint density at radius 2 is 2.17 bits per heavy atom. The van der Waals surface area contributed by atoms with Gasteiger partial charge in [-0.2, -0.15) is 10.2 Å². The summed E-state index contributed by atoms with van der Waals surface area (Å²) in [5.74, 6) is 0.803. The van der Waals surface area contributed by atoms with Gasteiger partial charge in [-0.05, 0) is 32.4 Å². The van der Waals surface area contributed by atoms with E-state index in [1.807, 2.05) is 13.8 Å². The fourth-order valence-electron chi connectivity index (χ4n) is 3.94. The molecule has 10 heteroatoms. The normalized spacial score (nSPS) is 16.7. The van der Waals surface area contributed by atoms with Crippen LogP contribution in [0.1, 0.15) is 43.6 Å². The van der Waals surface area contributed by atoms with Crippen molar-refractivity contribution in [3.8, 4) is 17.7 Å². The minimum Gasteiger partial charge on any atom is -0.381 e. The van der Waals surface area contributed by atoms with Gasteiger partial charge in [0.15, 0.2) is 11.5 Å². The van der Waals surface area contributed by atoms with Gasteiger partial charge in [0.1, 0.15) is 17.9 Å². The number of hydrogen-bond donors (Lipinski definition) is 0. The highest BCUT2D eigenvalue weighted by Gasteiger charge is 2.27. The van der Waals surface area contributed by atoms with Crippen molar-refractivity contribution in [3.05, 3.63) is 45.2 Å². The minimum atomic E-state index is -0.312. The zero-order chi connectivity index (χ0) is 21.0. The molecule has 3 aromatic heterocycles. The highest BCUT2D eigenvalue weighted by molar-refractivity contribution is 6.32. The zero-order valence-electron chi connectivity index (χ0n) is 16.3. The first kappa shape index (κ1) is 18.8. The van der Waals surface area contributed by atoms with E-state index in [0.29, 0.717) is 46.3 Å². The lowest BCUT2D eigenvalue weighted by Gasteiger charge is -2.17. The van der Waals surface area contributed by atoms with E-state index >= 15 is 0 Å². The summed E-state index contributed by atoms with van der Waals surface area (Å²) in [5.41, 5.74) is 1.66. The number of nitrogens with zero attached hydrogens (tertiary/aromatic N) is 6. The molecule has 1 fully saturated rings. The molecule has 30 heavy (non-hydrogen) atoms. The van der Waals surface area contributed by atoms with E-state index in [2.05, 4.69) is 21.2 Å². The molecule has 1 atom stereocenters. The second-order valence-electron chi connectivity index (χ2n) is 7.50. The molecule has 1 unspecified atom stereocenters. The van der Waals surface area contributed by atoms with Crippen LogP contribution in [0.15, 0.2) is 27.8 Å². The molecule has 0 saturated carbocycles. The smallest absolute Gasteiger partial charge is 0.278 e. The Morgan fingerprint density at radius 1 is 1.33 bits per heavy atom. The van der Waals surface area contributed by atoms with Gasteiger partial charge in [-0.3, -0.25) is 9.20 Å². The second kappa shape index (κ2) is 6.93. The molecule has 0 spiro atoms. The Labute approximate surface area is 175 Å². The van der Waals surface area contributed by atoms with Crippen molar-refractivity contribution in [1.82, 2.24) is 24.1 Å². The van der Waals surface area contributed by atoms with Gasteiger partial charge in [-0.1, -0.05) is 16.8 Å². The minimum absolute atomic E-state index is 0.0739. The van der Waals surface area contributed by atoms with E-state index in [-0.39, 0.29) is 29.0 Å². The molecule has 1 saturated heterocycles. The first-order chi connectivity index (χ1) is 14.5. The average molecular weight is 425 g/mol. The zero-order valence-corrected chi connectivity index (χ0v) is 17.0. The van der Waals surface area contributed by atoms with Crippen molar-refractivity contribution < 1.29 is 9.26 Å². The topological polar surface area (TPSA) is 111 Å². The van der Waals surface area contributed by atoms with E-state index in [1.54, 1.807) is 21.1 Å². The van der Waals surface area contributed by atoms with Crippen molar-refractivity contribution in [1.29, 1.82) is 5.26 Å². The maximum Gasteiger partial charge on any atom is 0.278 e. The van der Waals surface area contributed by atoms with Gasteiger partial charge in [-0.25, -0.2) is 4.98 Å². The fraction of sp³-hybridized carbons (Fsp3) is 0.350. The Morgan fingerprint density at radius 3 is 2.87 bits per heavy atom. The summed E-state index contributed by atoms with van der Waals surface area (Å²) < 4.78 is 14.0. The van der Waals surface area contributed by atoms with E-state index < -0.39 is 0 Å². The summed E-state index contributed by atoms with van der Waals surface area (Å²) in [5, 5.41) is 14.0. The van der Waals surface area contributed by atoms with Crippen molar-refractivity contribution >= 4 is 28.2 Å². The predicted molar refractivity (Wildman–Crippen MR) is 109 cm³/mol. The van der Waals surface area contributed by atoms with Gasteiger partial charge >= 0.3 is 0 Å². The number of fused-ring (bicyclic) bond motifs is 3. The third-order valence-corrected chi connectivity index (χ3v) is 5.68. The van der Waals surface area contributed by atoms with Crippen molar-refractivity contribution in [2.24, 2.45) is 0 Å². The molecule has 5 rings (SSSR count). The monoisotopic (exact) mass is 424 g/mol. The number of aromatic nitrogens is 5.